The Hall–Kier alpha value is -4.84. The minimum absolute atomic E-state index is 0.233. The zero-order valence-corrected chi connectivity index (χ0v) is 23.3. The van der Waals surface area contributed by atoms with Crippen molar-refractivity contribution < 1.29 is 36.8 Å². The van der Waals surface area contributed by atoms with Crippen LogP contribution in [0, 0.1) is 11.3 Å². The molecule has 0 bridgehead atoms. The number of anilines is 5. The van der Waals surface area contributed by atoms with Gasteiger partial charge in [0.25, 0.3) is 5.91 Å². The van der Waals surface area contributed by atoms with Crippen LogP contribution in [0.2, 0.25) is 0 Å². The molecule has 0 atom stereocenters. The van der Waals surface area contributed by atoms with Crippen molar-refractivity contribution in [3.63, 3.8) is 0 Å². The van der Waals surface area contributed by atoms with Crippen molar-refractivity contribution in [2.45, 2.75) is 6.18 Å². The number of carboxylic acid groups (broad SMARTS) is 1. The molecule has 0 aliphatic carbocycles. The van der Waals surface area contributed by atoms with E-state index in [1.807, 2.05) is 24.3 Å². The quantitative estimate of drug-likeness (QED) is 0.311. The number of carbonyl (C=O) groups is 2. The summed E-state index contributed by atoms with van der Waals surface area (Å²) in [4.78, 5) is 27.7. The topological polar surface area (TPSA) is 157 Å². The summed E-state index contributed by atoms with van der Waals surface area (Å²) in [6.07, 6.45) is -3.61. The number of benzene rings is 2. The first kappa shape index (κ1) is 31.7. The molecule has 1 fully saturated rings. The van der Waals surface area contributed by atoms with Crippen LogP contribution in [0.1, 0.15) is 15.9 Å². The number of rotatable bonds is 7. The van der Waals surface area contributed by atoms with Crippen LogP contribution >= 0.6 is 0 Å². The Morgan fingerprint density at radius 2 is 1.74 bits per heavy atom. The predicted molar refractivity (Wildman–Crippen MR) is 152 cm³/mol. The van der Waals surface area contributed by atoms with Gasteiger partial charge in [0, 0.05) is 66.5 Å². The number of methoxy groups -OCH3 is 1. The van der Waals surface area contributed by atoms with Crippen LogP contribution in [0.4, 0.5) is 41.7 Å². The number of hydrogen-bond donors (Lipinski definition) is 4. The zero-order chi connectivity index (χ0) is 30.9. The zero-order valence-electron chi connectivity index (χ0n) is 22.5. The van der Waals surface area contributed by atoms with E-state index in [0.717, 1.165) is 18.8 Å². The Morgan fingerprint density at radius 1 is 1.07 bits per heavy atom. The maximum atomic E-state index is 12.2. The number of amides is 1. The lowest BCUT2D eigenvalue weighted by atomic mass is 10.1. The second-order valence-electron chi connectivity index (χ2n) is 8.62. The van der Waals surface area contributed by atoms with E-state index in [1.54, 1.807) is 38.4 Å². The van der Waals surface area contributed by atoms with Crippen LogP contribution in [0.15, 0.2) is 54.7 Å². The van der Waals surface area contributed by atoms with Gasteiger partial charge in [-0.05, 0) is 24.3 Å². The smallest absolute Gasteiger partial charge is 0.490 e. The van der Waals surface area contributed by atoms with E-state index in [4.69, 9.17) is 14.6 Å². The minimum atomic E-state index is -5.08. The lowest BCUT2D eigenvalue weighted by Gasteiger charge is -2.29. The molecule has 4 N–H and O–H groups in total. The third kappa shape index (κ3) is 8.33. The third-order valence-electron chi connectivity index (χ3n) is 5.93. The molecule has 1 aliphatic rings. The fourth-order valence-electron chi connectivity index (χ4n) is 3.80. The largest absolute Gasteiger partial charge is 0.494 e. The van der Waals surface area contributed by atoms with Crippen molar-refractivity contribution >= 4 is 51.2 Å². The average Bonchev–Trinajstić information content (AvgIpc) is 2.97. The Balaban J connectivity index is 0.000000616. The number of hydrogen-bond acceptors (Lipinski definition) is 9. The Labute approximate surface area is 241 Å². The van der Waals surface area contributed by atoms with Gasteiger partial charge in [0.05, 0.1) is 35.3 Å². The van der Waals surface area contributed by atoms with E-state index >= 15 is 0 Å². The first-order chi connectivity index (χ1) is 20.0. The number of nitriles is 1. The number of ether oxygens (including phenoxy) is 1. The van der Waals surface area contributed by atoms with E-state index < -0.39 is 22.9 Å². The fourth-order valence-corrected chi connectivity index (χ4v) is 4.85. The van der Waals surface area contributed by atoms with Crippen molar-refractivity contribution in [2.24, 2.45) is 0 Å². The van der Waals surface area contributed by atoms with Gasteiger partial charge >= 0.3 is 12.1 Å². The molecule has 222 valence electrons. The highest BCUT2D eigenvalue weighted by Crippen LogP contribution is 2.33. The van der Waals surface area contributed by atoms with Crippen molar-refractivity contribution in [3.8, 4) is 11.8 Å². The Bertz CT molecular complexity index is 1500. The van der Waals surface area contributed by atoms with E-state index in [9.17, 15) is 27.4 Å². The summed E-state index contributed by atoms with van der Waals surface area (Å²) >= 11 is 0. The van der Waals surface area contributed by atoms with Gasteiger partial charge < -0.3 is 30.7 Å². The number of nitrogens with one attached hydrogen (secondary N) is 3. The van der Waals surface area contributed by atoms with Crippen molar-refractivity contribution in [3.05, 3.63) is 65.9 Å². The summed E-state index contributed by atoms with van der Waals surface area (Å²) in [6.45, 7) is 1.48. The minimum Gasteiger partial charge on any atom is -0.494 e. The number of nitrogens with zero attached hydrogens (tertiary/aromatic N) is 3. The van der Waals surface area contributed by atoms with Gasteiger partial charge in [0.15, 0.2) is 0 Å². The van der Waals surface area contributed by atoms with Gasteiger partial charge in [0.2, 0.25) is 0 Å². The molecule has 3 aromatic rings. The summed E-state index contributed by atoms with van der Waals surface area (Å²) in [7, 11) is 2.43. The molecule has 11 nitrogen and oxygen atoms in total. The monoisotopic (exact) mass is 604 g/mol. The molecule has 0 unspecified atom stereocenters. The van der Waals surface area contributed by atoms with E-state index in [2.05, 4.69) is 31.9 Å². The van der Waals surface area contributed by atoms with Gasteiger partial charge in [-0.2, -0.15) is 18.4 Å². The first-order valence-electron chi connectivity index (χ1n) is 12.3. The van der Waals surface area contributed by atoms with Crippen molar-refractivity contribution in [2.75, 3.05) is 54.3 Å². The lowest BCUT2D eigenvalue weighted by molar-refractivity contribution is -0.192. The number of halogens is 3. The summed E-state index contributed by atoms with van der Waals surface area (Å²) in [6, 6.07) is 16.8. The number of carbonyl (C=O) groups excluding carboxylic acids is 1. The number of carboxylic acids is 1. The SMILES string of the molecule is CNC(=O)c1ccccc1Nc1cc(Nc2ccc(N3CCS(=O)CC3)cc2OC)ncc1C#N.O=C(O)C(F)(F)F. The van der Waals surface area contributed by atoms with Gasteiger partial charge in [-0.15, -0.1) is 0 Å². The van der Waals surface area contributed by atoms with Crippen molar-refractivity contribution in [1.82, 2.24) is 10.3 Å². The molecule has 0 radical (unpaired) electrons. The lowest BCUT2D eigenvalue weighted by Crippen LogP contribution is -2.37. The number of aromatic nitrogens is 1. The normalized spacial score (nSPS) is 13.2. The molecule has 0 spiro atoms. The molecule has 42 heavy (non-hydrogen) atoms. The summed E-state index contributed by atoms with van der Waals surface area (Å²) < 4.78 is 49.0. The highest BCUT2D eigenvalue weighted by Gasteiger charge is 2.38. The second-order valence-corrected chi connectivity index (χ2v) is 10.3. The molecule has 2 aromatic carbocycles. The van der Waals surface area contributed by atoms with Gasteiger partial charge in [-0.25, -0.2) is 9.78 Å². The molecule has 0 saturated carbocycles. The predicted octanol–water partition coefficient (Wildman–Crippen LogP) is 4.01. The van der Waals surface area contributed by atoms with E-state index in [0.29, 0.717) is 51.3 Å². The van der Waals surface area contributed by atoms with Crippen LogP contribution in [0.5, 0.6) is 5.75 Å². The van der Waals surface area contributed by atoms with Crippen molar-refractivity contribution in [1.29, 1.82) is 5.26 Å². The van der Waals surface area contributed by atoms with Crippen LogP contribution in [0.25, 0.3) is 0 Å². The van der Waals surface area contributed by atoms with E-state index in [-0.39, 0.29) is 5.91 Å². The standard InChI is InChI=1S/C25H26N6O3S.C2HF3O2/c1-27-25(32)19-5-3-4-6-20(19)29-22-14-24(28-16-17(22)15-26)30-21-8-7-18(13-23(21)34-2)31-9-11-35(33)12-10-31;3-2(4,5)1(6)7/h3-8,13-14,16H,9-12H2,1-2H3,(H,27,32)(H2,28,29,30);(H,6,7). The van der Waals surface area contributed by atoms with Gasteiger partial charge in [-0.3, -0.25) is 9.00 Å². The van der Waals surface area contributed by atoms with Gasteiger partial charge in [0.1, 0.15) is 17.6 Å². The van der Waals surface area contributed by atoms with Crippen LogP contribution < -0.4 is 25.6 Å². The molecule has 1 aromatic heterocycles. The fraction of sp³-hybridized carbons (Fsp3) is 0.259. The molecule has 2 heterocycles. The summed E-state index contributed by atoms with van der Waals surface area (Å²) in [5.74, 6) is -0.522. The summed E-state index contributed by atoms with van der Waals surface area (Å²) in [5.41, 5.74) is 3.61. The molecule has 1 saturated heterocycles. The van der Waals surface area contributed by atoms with Crippen LogP contribution in [0.3, 0.4) is 0 Å². The highest BCUT2D eigenvalue weighted by atomic mass is 32.2. The maximum absolute atomic E-state index is 12.2. The van der Waals surface area contributed by atoms with Crippen LogP contribution in [-0.4, -0.2) is 71.1 Å². The number of pyridine rings is 1. The molecule has 1 amide bonds. The van der Waals surface area contributed by atoms with Gasteiger partial charge in [-0.1, -0.05) is 12.1 Å². The Morgan fingerprint density at radius 3 is 2.33 bits per heavy atom. The second kappa shape index (κ2) is 14.2. The number of aliphatic carboxylic acids is 1. The number of alkyl halides is 3. The highest BCUT2D eigenvalue weighted by molar-refractivity contribution is 7.85. The Kier molecular flexibility index (Phi) is 10.7. The molecule has 1 aliphatic heterocycles. The van der Waals surface area contributed by atoms with E-state index in [1.165, 1.54) is 6.20 Å². The molecule has 15 heteroatoms. The number of para-hydroxylation sites is 1. The molecular formula is C27H27F3N6O5S. The third-order valence-corrected chi connectivity index (χ3v) is 7.20. The van der Waals surface area contributed by atoms with Crippen LogP contribution in [-0.2, 0) is 15.6 Å². The summed E-state index contributed by atoms with van der Waals surface area (Å²) in [5, 5.41) is 25.8. The molecular weight excluding hydrogens is 577 g/mol. The molecule has 4 rings (SSSR count). The first-order valence-corrected chi connectivity index (χ1v) is 13.8. The maximum Gasteiger partial charge on any atom is 0.490 e. The average molecular weight is 605 g/mol.